The smallest absolute Gasteiger partial charge is 0.319 e. The van der Waals surface area contributed by atoms with Crippen LogP contribution in [-0.2, 0) is 4.74 Å². The number of hydrogen-bond acceptors (Lipinski definition) is 3. The molecule has 2 N–H and O–H groups in total. The largest absolute Gasteiger partial charge is 0.495 e. The van der Waals surface area contributed by atoms with Gasteiger partial charge in [-0.1, -0.05) is 41.9 Å². The quantitative estimate of drug-likeness (QED) is 0.843. The van der Waals surface area contributed by atoms with Gasteiger partial charge in [-0.3, -0.25) is 0 Å². The van der Waals surface area contributed by atoms with Crippen molar-refractivity contribution in [2.75, 3.05) is 26.1 Å². The van der Waals surface area contributed by atoms with Crippen molar-refractivity contribution in [1.82, 2.24) is 5.32 Å². The average molecular weight is 335 g/mol. The Bertz CT molecular complexity index is 650. The van der Waals surface area contributed by atoms with Crippen LogP contribution in [0.4, 0.5) is 10.5 Å². The molecule has 0 spiro atoms. The molecule has 2 amide bonds. The maximum Gasteiger partial charge on any atom is 0.319 e. The first-order valence-corrected chi connectivity index (χ1v) is 7.48. The molecular formula is C17H19ClN2O3. The second-order valence-electron chi connectivity index (χ2n) is 4.81. The summed E-state index contributed by atoms with van der Waals surface area (Å²) in [6.07, 6.45) is -0.219. The molecule has 0 aromatic heterocycles. The Balaban J connectivity index is 1.96. The number of ether oxygens (including phenoxy) is 2. The van der Waals surface area contributed by atoms with Crippen molar-refractivity contribution >= 4 is 23.3 Å². The molecular weight excluding hydrogens is 316 g/mol. The minimum Gasteiger partial charge on any atom is -0.495 e. The number of benzene rings is 2. The predicted molar refractivity (Wildman–Crippen MR) is 91.2 cm³/mol. The zero-order valence-corrected chi connectivity index (χ0v) is 13.8. The van der Waals surface area contributed by atoms with Gasteiger partial charge < -0.3 is 20.1 Å². The number of carbonyl (C=O) groups excluding carboxylic acids is 1. The van der Waals surface area contributed by atoms with Crippen molar-refractivity contribution in [2.45, 2.75) is 6.10 Å². The summed E-state index contributed by atoms with van der Waals surface area (Å²) in [6, 6.07) is 14.4. The molecule has 0 heterocycles. The van der Waals surface area contributed by atoms with Gasteiger partial charge in [-0.25, -0.2) is 4.79 Å². The number of nitrogens with one attached hydrogen (secondary N) is 2. The van der Waals surface area contributed by atoms with Crippen LogP contribution < -0.4 is 15.4 Å². The Kier molecular flexibility index (Phi) is 6.26. The fourth-order valence-corrected chi connectivity index (χ4v) is 2.31. The molecule has 6 heteroatoms. The fraction of sp³-hybridized carbons (Fsp3) is 0.235. The highest BCUT2D eigenvalue weighted by Crippen LogP contribution is 2.27. The van der Waals surface area contributed by atoms with Crippen LogP contribution >= 0.6 is 11.6 Å². The van der Waals surface area contributed by atoms with Crippen LogP contribution in [0.1, 0.15) is 11.7 Å². The first kappa shape index (κ1) is 17.1. The van der Waals surface area contributed by atoms with Gasteiger partial charge in [-0.05, 0) is 23.8 Å². The minimum atomic E-state index is -0.358. The van der Waals surface area contributed by atoms with Gasteiger partial charge in [0.2, 0.25) is 0 Å². The Labute approximate surface area is 140 Å². The Morgan fingerprint density at radius 1 is 1.17 bits per heavy atom. The molecule has 23 heavy (non-hydrogen) atoms. The highest BCUT2D eigenvalue weighted by Gasteiger charge is 2.13. The average Bonchev–Trinajstić information content (AvgIpc) is 2.56. The molecule has 0 aliphatic carbocycles. The van der Waals surface area contributed by atoms with E-state index < -0.39 is 0 Å². The van der Waals surface area contributed by atoms with E-state index in [0.29, 0.717) is 23.0 Å². The van der Waals surface area contributed by atoms with Crippen molar-refractivity contribution in [2.24, 2.45) is 0 Å². The van der Waals surface area contributed by atoms with Gasteiger partial charge in [0.25, 0.3) is 0 Å². The van der Waals surface area contributed by atoms with Crippen LogP contribution in [0.3, 0.4) is 0 Å². The van der Waals surface area contributed by atoms with Crippen LogP contribution in [0.15, 0.2) is 48.5 Å². The minimum absolute atomic E-state index is 0.219. The zero-order chi connectivity index (χ0) is 16.7. The van der Waals surface area contributed by atoms with Gasteiger partial charge >= 0.3 is 6.03 Å². The molecule has 0 unspecified atom stereocenters. The molecule has 0 aliphatic heterocycles. The maximum atomic E-state index is 12.1. The van der Waals surface area contributed by atoms with E-state index in [1.807, 2.05) is 30.3 Å². The van der Waals surface area contributed by atoms with E-state index in [1.165, 1.54) is 7.11 Å². The van der Waals surface area contributed by atoms with E-state index in [0.717, 1.165) is 5.56 Å². The van der Waals surface area contributed by atoms with Crippen molar-refractivity contribution in [3.63, 3.8) is 0 Å². The number of urea groups is 1. The number of anilines is 1. The molecule has 1 atom stereocenters. The summed E-state index contributed by atoms with van der Waals surface area (Å²) < 4.78 is 10.6. The second kappa shape index (κ2) is 8.41. The summed E-state index contributed by atoms with van der Waals surface area (Å²) in [4.78, 5) is 12.1. The van der Waals surface area contributed by atoms with Gasteiger partial charge in [-0.2, -0.15) is 0 Å². The maximum absolute atomic E-state index is 12.1. The molecule has 122 valence electrons. The fourth-order valence-electron chi connectivity index (χ4n) is 2.13. The number of hydrogen-bond donors (Lipinski definition) is 2. The highest BCUT2D eigenvalue weighted by molar-refractivity contribution is 6.31. The van der Waals surface area contributed by atoms with Gasteiger partial charge in [0.1, 0.15) is 5.75 Å². The lowest BCUT2D eigenvalue weighted by Gasteiger charge is -2.17. The van der Waals surface area contributed by atoms with E-state index in [-0.39, 0.29) is 12.1 Å². The summed E-state index contributed by atoms with van der Waals surface area (Å²) in [5, 5.41) is 6.01. The van der Waals surface area contributed by atoms with Crippen molar-refractivity contribution in [3.05, 3.63) is 59.1 Å². The van der Waals surface area contributed by atoms with Crippen molar-refractivity contribution in [3.8, 4) is 5.75 Å². The first-order valence-electron chi connectivity index (χ1n) is 7.10. The third-order valence-electron chi connectivity index (χ3n) is 3.31. The third kappa shape index (κ3) is 4.87. The monoisotopic (exact) mass is 334 g/mol. The summed E-state index contributed by atoms with van der Waals surface area (Å²) in [5.74, 6) is 0.538. The van der Waals surface area contributed by atoms with E-state index in [2.05, 4.69) is 10.6 Å². The molecule has 0 saturated carbocycles. The van der Waals surface area contributed by atoms with Gasteiger partial charge in [-0.15, -0.1) is 0 Å². The normalized spacial score (nSPS) is 11.6. The van der Waals surface area contributed by atoms with Crippen LogP contribution in [0.5, 0.6) is 5.75 Å². The molecule has 2 rings (SSSR count). The Hall–Kier alpha value is -2.24. The molecule has 0 bridgehead atoms. The lowest BCUT2D eigenvalue weighted by molar-refractivity contribution is 0.104. The predicted octanol–water partition coefficient (Wildman–Crippen LogP) is 3.86. The molecule has 5 nitrogen and oxygen atoms in total. The van der Waals surface area contributed by atoms with Crippen LogP contribution in [-0.4, -0.2) is 26.8 Å². The summed E-state index contributed by atoms with van der Waals surface area (Å²) in [6.45, 7) is 0.342. The van der Waals surface area contributed by atoms with Crippen LogP contribution in [0.2, 0.25) is 5.02 Å². The van der Waals surface area contributed by atoms with E-state index in [4.69, 9.17) is 21.1 Å². The van der Waals surface area contributed by atoms with Gasteiger partial charge in [0, 0.05) is 18.7 Å². The lowest BCUT2D eigenvalue weighted by Crippen LogP contribution is -2.33. The highest BCUT2D eigenvalue weighted by atomic mass is 35.5. The van der Waals surface area contributed by atoms with E-state index >= 15 is 0 Å². The molecule has 2 aromatic carbocycles. The van der Waals surface area contributed by atoms with Crippen LogP contribution in [0, 0.1) is 0 Å². The number of methoxy groups -OCH3 is 2. The standard InChI is InChI=1S/C17H19ClN2O3/c1-22-15-9-8-13(18)10-14(15)20-17(21)19-11-16(23-2)12-6-4-3-5-7-12/h3-10,16H,11H2,1-2H3,(H2,19,20,21)/t16-/m0/s1. The van der Waals surface area contributed by atoms with Gasteiger partial charge in [0.05, 0.1) is 18.9 Å². The topological polar surface area (TPSA) is 59.6 Å². The number of carbonyl (C=O) groups is 1. The second-order valence-corrected chi connectivity index (χ2v) is 5.25. The Morgan fingerprint density at radius 2 is 1.91 bits per heavy atom. The van der Waals surface area contributed by atoms with E-state index in [1.54, 1.807) is 25.3 Å². The lowest BCUT2D eigenvalue weighted by atomic mass is 10.1. The first-order chi connectivity index (χ1) is 11.1. The summed E-state index contributed by atoms with van der Waals surface area (Å²) in [7, 11) is 3.14. The summed E-state index contributed by atoms with van der Waals surface area (Å²) >= 11 is 5.94. The zero-order valence-electron chi connectivity index (χ0n) is 13.0. The molecule has 2 aromatic rings. The third-order valence-corrected chi connectivity index (χ3v) is 3.55. The van der Waals surface area contributed by atoms with Crippen molar-refractivity contribution < 1.29 is 14.3 Å². The molecule has 0 fully saturated rings. The molecule has 0 saturated heterocycles. The summed E-state index contributed by atoms with van der Waals surface area (Å²) in [5.41, 5.74) is 1.50. The van der Waals surface area contributed by atoms with Crippen molar-refractivity contribution in [1.29, 1.82) is 0 Å². The Morgan fingerprint density at radius 3 is 2.57 bits per heavy atom. The number of amides is 2. The SMILES string of the molecule is COc1ccc(Cl)cc1NC(=O)NC[C@H](OC)c1ccccc1. The van der Waals surface area contributed by atoms with E-state index in [9.17, 15) is 4.79 Å². The van der Waals surface area contributed by atoms with Gasteiger partial charge in [0.15, 0.2) is 0 Å². The number of halogens is 1. The number of rotatable bonds is 6. The van der Waals surface area contributed by atoms with Crippen LogP contribution in [0.25, 0.3) is 0 Å². The molecule has 0 aliphatic rings. The molecule has 0 radical (unpaired) electrons.